The number of nitrogen functional groups attached to an aromatic ring is 1. The van der Waals surface area contributed by atoms with E-state index in [4.69, 9.17) is 10.2 Å². The number of aryl methyl sites for hydroxylation is 1. The maximum atomic E-state index is 6.21. The van der Waals surface area contributed by atoms with Crippen LogP contribution in [0, 0.1) is 5.41 Å². The molecule has 3 rings (SSSR count). The van der Waals surface area contributed by atoms with Crippen molar-refractivity contribution in [3.05, 3.63) is 35.6 Å². The zero-order chi connectivity index (χ0) is 20.1. The molecule has 3 aromatic rings. The molecule has 2 aromatic heterocycles. The Kier molecular flexibility index (Phi) is 6.61. The van der Waals surface area contributed by atoms with Crippen molar-refractivity contribution in [2.75, 3.05) is 12.3 Å². The average molecular weight is 382 g/mol. The van der Waals surface area contributed by atoms with E-state index in [0.717, 1.165) is 40.6 Å². The second-order valence-electron chi connectivity index (χ2n) is 9.06. The van der Waals surface area contributed by atoms with Crippen molar-refractivity contribution >= 4 is 27.7 Å². The number of rotatable bonds is 9. The third-order valence-electron chi connectivity index (χ3n) is 5.30. The largest absolute Gasteiger partial charge is 0.459 e. The first-order valence-corrected chi connectivity index (χ1v) is 10.7. The summed E-state index contributed by atoms with van der Waals surface area (Å²) in [5, 5.41) is 5.24. The van der Waals surface area contributed by atoms with E-state index >= 15 is 0 Å². The SMILES string of the molecule is CCNCc1cc2c(N)nc3cc(CCCCCCC(C)(C)C)ccc3c2o1. The molecule has 4 heteroatoms. The van der Waals surface area contributed by atoms with Crippen molar-refractivity contribution in [2.24, 2.45) is 5.41 Å². The molecule has 0 fully saturated rings. The number of benzene rings is 1. The number of hydrogen-bond donors (Lipinski definition) is 2. The summed E-state index contributed by atoms with van der Waals surface area (Å²) < 4.78 is 6.07. The molecule has 0 aliphatic carbocycles. The van der Waals surface area contributed by atoms with Gasteiger partial charge in [0.25, 0.3) is 0 Å². The minimum absolute atomic E-state index is 0.452. The highest BCUT2D eigenvalue weighted by atomic mass is 16.3. The van der Waals surface area contributed by atoms with Gasteiger partial charge in [-0.1, -0.05) is 53.0 Å². The quantitative estimate of drug-likeness (QED) is 0.432. The molecule has 0 unspecified atom stereocenters. The summed E-state index contributed by atoms with van der Waals surface area (Å²) >= 11 is 0. The predicted octanol–water partition coefficient (Wildman–Crippen LogP) is 6.21. The molecule has 0 amide bonds. The molecular weight excluding hydrogens is 346 g/mol. The molecule has 0 spiro atoms. The Morgan fingerprint density at radius 1 is 1.04 bits per heavy atom. The maximum Gasteiger partial charge on any atom is 0.147 e. The van der Waals surface area contributed by atoms with Crippen LogP contribution in [-0.4, -0.2) is 11.5 Å². The number of anilines is 1. The van der Waals surface area contributed by atoms with Crippen molar-refractivity contribution in [3.63, 3.8) is 0 Å². The highest BCUT2D eigenvalue weighted by Crippen LogP contribution is 2.31. The lowest BCUT2D eigenvalue weighted by molar-refractivity contribution is 0.357. The van der Waals surface area contributed by atoms with Gasteiger partial charge < -0.3 is 15.5 Å². The Hall–Kier alpha value is -2.07. The van der Waals surface area contributed by atoms with E-state index in [1.54, 1.807) is 0 Å². The molecule has 152 valence electrons. The second-order valence-corrected chi connectivity index (χ2v) is 9.06. The summed E-state index contributed by atoms with van der Waals surface area (Å²) in [5.41, 5.74) is 9.77. The van der Waals surface area contributed by atoms with Crippen LogP contribution >= 0.6 is 0 Å². The zero-order valence-electron chi connectivity index (χ0n) is 17.9. The molecule has 3 N–H and O–H groups in total. The second kappa shape index (κ2) is 8.95. The van der Waals surface area contributed by atoms with Gasteiger partial charge in [0.2, 0.25) is 0 Å². The Labute approximate surface area is 168 Å². The number of furan rings is 1. The van der Waals surface area contributed by atoms with Gasteiger partial charge in [-0.15, -0.1) is 0 Å². The summed E-state index contributed by atoms with van der Waals surface area (Å²) in [6.45, 7) is 10.7. The van der Waals surface area contributed by atoms with E-state index in [9.17, 15) is 0 Å². The molecule has 0 saturated carbocycles. The molecule has 1 aromatic carbocycles. The van der Waals surface area contributed by atoms with E-state index in [1.807, 2.05) is 6.07 Å². The van der Waals surface area contributed by atoms with Crippen LogP contribution < -0.4 is 11.1 Å². The fourth-order valence-electron chi connectivity index (χ4n) is 3.71. The van der Waals surface area contributed by atoms with Crippen molar-refractivity contribution < 1.29 is 4.42 Å². The lowest BCUT2D eigenvalue weighted by Crippen LogP contribution is -2.10. The molecule has 0 bridgehead atoms. The van der Waals surface area contributed by atoms with Crippen molar-refractivity contribution in [3.8, 4) is 0 Å². The van der Waals surface area contributed by atoms with Crippen LogP contribution in [0.1, 0.15) is 71.1 Å². The normalized spacial score (nSPS) is 12.3. The fraction of sp³-hybridized carbons (Fsp3) is 0.542. The van der Waals surface area contributed by atoms with Crippen LogP contribution in [0.4, 0.5) is 5.82 Å². The number of nitrogens with two attached hydrogens (primary N) is 1. The average Bonchev–Trinajstić information content (AvgIpc) is 3.07. The maximum absolute atomic E-state index is 6.21. The lowest BCUT2D eigenvalue weighted by atomic mass is 9.89. The number of unbranched alkanes of at least 4 members (excludes halogenated alkanes) is 3. The first-order valence-electron chi connectivity index (χ1n) is 10.7. The third kappa shape index (κ3) is 5.26. The van der Waals surface area contributed by atoms with E-state index in [1.165, 1.54) is 37.7 Å². The van der Waals surface area contributed by atoms with Gasteiger partial charge in [-0.2, -0.15) is 0 Å². The minimum Gasteiger partial charge on any atom is -0.459 e. The topological polar surface area (TPSA) is 64.1 Å². The number of fused-ring (bicyclic) bond motifs is 3. The standard InChI is InChI=1S/C24H35N3O/c1-5-26-16-18-15-20-22(28-18)19-12-11-17(14-21(19)27-23(20)25)10-8-6-7-9-13-24(2,3)4/h11-12,14-15,26H,5-10,13,16H2,1-4H3,(H2,25,27). The van der Waals surface area contributed by atoms with Crippen LogP contribution in [-0.2, 0) is 13.0 Å². The number of pyridine rings is 1. The molecule has 28 heavy (non-hydrogen) atoms. The molecule has 0 aliphatic heterocycles. The third-order valence-corrected chi connectivity index (χ3v) is 5.30. The zero-order valence-corrected chi connectivity index (χ0v) is 17.9. The number of nitrogens with zero attached hydrogens (tertiary/aromatic N) is 1. The van der Waals surface area contributed by atoms with E-state index in [0.29, 0.717) is 17.8 Å². The van der Waals surface area contributed by atoms with Gasteiger partial charge in [-0.05, 0) is 55.0 Å². The fourth-order valence-corrected chi connectivity index (χ4v) is 3.71. The van der Waals surface area contributed by atoms with Crippen LogP contribution in [0.5, 0.6) is 0 Å². The van der Waals surface area contributed by atoms with Gasteiger partial charge in [0.1, 0.15) is 17.2 Å². The van der Waals surface area contributed by atoms with Gasteiger partial charge in [0, 0.05) is 5.39 Å². The van der Waals surface area contributed by atoms with Gasteiger partial charge in [-0.25, -0.2) is 4.98 Å². The van der Waals surface area contributed by atoms with E-state index in [-0.39, 0.29) is 0 Å². The Balaban J connectivity index is 1.67. The molecule has 0 aliphatic rings. The minimum atomic E-state index is 0.452. The van der Waals surface area contributed by atoms with Gasteiger partial charge in [-0.3, -0.25) is 0 Å². The van der Waals surface area contributed by atoms with E-state index in [2.05, 4.69) is 56.2 Å². The Bertz CT molecular complexity index is 921. The Morgan fingerprint density at radius 2 is 1.82 bits per heavy atom. The first kappa shape index (κ1) is 20.7. The van der Waals surface area contributed by atoms with Crippen molar-refractivity contribution in [1.29, 1.82) is 0 Å². The molecule has 4 nitrogen and oxygen atoms in total. The molecular formula is C24H35N3O. The molecule has 0 radical (unpaired) electrons. The van der Waals surface area contributed by atoms with E-state index < -0.39 is 0 Å². The predicted molar refractivity (Wildman–Crippen MR) is 120 cm³/mol. The summed E-state index contributed by atoms with van der Waals surface area (Å²) in [7, 11) is 0. The van der Waals surface area contributed by atoms with Crippen LogP contribution in [0.2, 0.25) is 0 Å². The highest BCUT2D eigenvalue weighted by molar-refractivity contribution is 6.06. The van der Waals surface area contributed by atoms with Crippen LogP contribution in [0.25, 0.3) is 21.9 Å². The summed E-state index contributed by atoms with van der Waals surface area (Å²) in [5.74, 6) is 1.45. The smallest absolute Gasteiger partial charge is 0.147 e. The van der Waals surface area contributed by atoms with Gasteiger partial charge >= 0.3 is 0 Å². The number of aromatic nitrogens is 1. The van der Waals surface area contributed by atoms with Gasteiger partial charge in [0.15, 0.2) is 0 Å². The number of nitrogens with one attached hydrogen (secondary N) is 1. The summed E-state index contributed by atoms with van der Waals surface area (Å²) in [6, 6.07) is 8.53. The van der Waals surface area contributed by atoms with Crippen LogP contribution in [0.15, 0.2) is 28.7 Å². The highest BCUT2D eigenvalue weighted by Gasteiger charge is 2.13. The number of hydrogen-bond acceptors (Lipinski definition) is 4. The van der Waals surface area contributed by atoms with Crippen molar-refractivity contribution in [2.45, 2.75) is 72.8 Å². The van der Waals surface area contributed by atoms with Gasteiger partial charge in [0.05, 0.1) is 17.4 Å². The Morgan fingerprint density at radius 3 is 2.57 bits per heavy atom. The molecule has 0 atom stereocenters. The van der Waals surface area contributed by atoms with Crippen molar-refractivity contribution in [1.82, 2.24) is 10.3 Å². The molecule has 2 heterocycles. The summed E-state index contributed by atoms with van der Waals surface area (Å²) in [6.07, 6.45) is 7.55. The molecule has 0 saturated heterocycles. The lowest BCUT2D eigenvalue weighted by Gasteiger charge is -2.17. The summed E-state index contributed by atoms with van der Waals surface area (Å²) in [4.78, 5) is 4.64. The van der Waals surface area contributed by atoms with Crippen LogP contribution in [0.3, 0.4) is 0 Å². The monoisotopic (exact) mass is 381 g/mol. The first-order chi connectivity index (χ1) is 13.4.